The summed E-state index contributed by atoms with van der Waals surface area (Å²) >= 11 is 6.51. The maximum absolute atomic E-state index is 12.6. The smallest absolute Gasteiger partial charge is 0.356 e. The van der Waals surface area contributed by atoms with Gasteiger partial charge in [0, 0.05) is 24.8 Å². The Morgan fingerprint density at radius 2 is 1.94 bits per heavy atom. The highest BCUT2D eigenvalue weighted by atomic mass is 35.5. The second kappa shape index (κ2) is 9.50. The first-order chi connectivity index (χ1) is 15.3. The van der Waals surface area contributed by atoms with Crippen molar-refractivity contribution in [2.24, 2.45) is 17.8 Å². The lowest BCUT2D eigenvalue weighted by Gasteiger charge is -2.19. The highest BCUT2D eigenvalue weighted by molar-refractivity contribution is 6.32. The number of hydrogen-bond donors (Lipinski definition) is 1. The van der Waals surface area contributed by atoms with Crippen LogP contribution in [-0.2, 0) is 11.3 Å². The van der Waals surface area contributed by atoms with Crippen molar-refractivity contribution in [1.29, 1.82) is 0 Å². The first kappa shape index (κ1) is 22.6. The van der Waals surface area contributed by atoms with Crippen LogP contribution in [0.5, 0.6) is 5.75 Å². The number of aromatic nitrogens is 2. The molecular formula is C23H28ClN3O5. The number of fused-ring (bicyclic) bond motifs is 1. The van der Waals surface area contributed by atoms with Crippen molar-refractivity contribution < 1.29 is 24.2 Å². The zero-order valence-electron chi connectivity index (χ0n) is 18.2. The Kier molecular flexibility index (Phi) is 6.71. The third-order valence-corrected chi connectivity index (χ3v) is 6.50. The van der Waals surface area contributed by atoms with E-state index in [0.717, 1.165) is 23.1 Å². The number of aromatic carboxylic acids is 1. The van der Waals surface area contributed by atoms with Gasteiger partial charge in [-0.15, -0.1) is 0 Å². The molecule has 8 nitrogen and oxygen atoms in total. The molecule has 0 spiro atoms. The normalized spacial score (nSPS) is 22.4. The molecule has 1 saturated carbocycles. The molecule has 1 aliphatic carbocycles. The van der Waals surface area contributed by atoms with Crippen molar-refractivity contribution >= 4 is 23.6 Å². The minimum Gasteiger partial charge on any atom is -0.492 e. The summed E-state index contributed by atoms with van der Waals surface area (Å²) in [7, 11) is 0. The average molecular weight is 462 g/mol. The van der Waals surface area contributed by atoms with Crippen molar-refractivity contribution in [1.82, 2.24) is 14.7 Å². The number of nitrogens with zero attached hydrogens (tertiary/aromatic N) is 3. The molecule has 0 radical (unpaired) electrons. The van der Waals surface area contributed by atoms with E-state index < -0.39 is 5.97 Å². The zero-order valence-corrected chi connectivity index (χ0v) is 19.0. The summed E-state index contributed by atoms with van der Waals surface area (Å²) in [6, 6.07) is 6.80. The van der Waals surface area contributed by atoms with E-state index >= 15 is 0 Å². The summed E-state index contributed by atoms with van der Waals surface area (Å²) in [5.41, 5.74) is 0.776. The first-order valence-corrected chi connectivity index (χ1v) is 11.3. The van der Waals surface area contributed by atoms with Crippen LogP contribution in [0.2, 0.25) is 5.02 Å². The lowest BCUT2D eigenvalue weighted by Crippen LogP contribution is -2.34. The van der Waals surface area contributed by atoms with Gasteiger partial charge in [0.15, 0.2) is 5.69 Å². The van der Waals surface area contributed by atoms with Crippen LogP contribution in [0.3, 0.4) is 0 Å². The summed E-state index contributed by atoms with van der Waals surface area (Å²) in [6.45, 7) is 6.48. The number of carbonyl (C=O) groups is 2. The minimum atomic E-state index is -1.15. The van der Waals surface area contributed by atoms with E-state index in [4.69, 9.17) is 26.2 Å². The number of hydrogen-bond acceptors (Lipinski definition) is 5. The fourth-order valence-electron chi connectivity index (χ4n) is 4.47. The summed E-state index contributed by atoms with van der Waals surface area (Å²) < 4.78 is 13.1. The van der Waals surface area contributed by atoms with Gasteiger partial charge in [-0.3, -0.25) is 0 Å². The maximum atomic E-state index is 12.6. The molecule has 2 unspecified atom stereocenters. The molecule has 1 saturated heterocycles. The largest absolute Gasteiger partial charge is 0.492 e. The van der Waals surface area contributed by atoms with Gasteiger partial charge in [0.1, 0.15) is 5.75 Å². The van der Waals surface area contributed by atoms with Crippen molar-refractivity contribution in [3.05, 3.63) is 46.7 Å². The van der Waals surface area contributed by atoms with Gasteiger partial charge < -0.3 is 19.5 Å². The third kappa shape index (κ3) is 4.91. The third-order valence-electron chi connectivity index (χ3n) is 6.07. The summed E-state index contributed by atoms with van der Waals surface area (Å²) in [5, 5.41) is 13.4. The molecule has 9 heteroatoms. The minimum absolute atomic E-state index is 0.127. The molecule has 2 heterocycles. The van der Waals surface area contributed by atoms with Crippen LogP contribution < -0.4 is 4.74 Å². The predicted molar refractivity (Wildman–Crippen MR) is 118 cm³/mol. The number of halogens is 1. The Labute approximate surface area is 192 Å². The Morgan fingerprint density at radius 1 is 1.22 bits per heavy atom. The van der Waals surface area contributed by atoms with Gasteiger partial charge >= 0.3 is 12.0 Å². The van der Waals surface area contributed by atoms with E-state index in [2.05, 4.69) is 18.9 Å². The summed E-state index contributed by atoms with van der Waals surface area (Å²) in [4.78, 5) is 25.4. The molecule has 0 bridgehead atoms. The summed E-state index contributed by atoms with van der Waals surface area (Å²) in [6.07, 6.45) is 3.29. The van der Waals surface area contributed by atoms with Crippen LogP contribution >= 0.6 is 11.6 Å². The highest BCUT2D eigenvalue weighted by Crippen LogP contribution is 2.40. The van der Waals surface area contributed by atoms with Gasteiger partial charge in [-0.05, 0) is 42.7 Å². The van der Waals surface area contributed by atoms with E-state index in [1.807, 2.05) is 18.2 Å². The molecule has 2 aliphatic rings. The van der Waals surface area contributed by atoms with Crippen molar-refractivity contribution in [3.8, 4) is 5.75 Å². The number of likely N-dealkylation sites (tertiary alicyclic amines) is 1. The lowest BCUT2D eigenvalue weighted by atomic mass is 10.0. The molecule has 1 amide bonds. The molecule has 32 heavy (non-hydrogen) atoms. The first-order valence-electron chi connectivity index (χ1n) is 10.9. The van der Waals surface area contributed by atoms with E-state index in [-0.39, 0.29) is 17.8 Å². The number of amides is 1. The molecule has 2 fully saturated rings. The molecule has 1 aromatic carbocycles. The molecule has 1 aliphatic heterocycles. The van der Waals surface area contributed by atoms with Crippen LogP contribution in [0.15, 0.2) is 30.5 Å². The molecule has 1 N–H and O–H groups in total. The highest BCUT2D eigenvalue weighted by Gasteiger charge is 2.43. The standard InChI is InChI=1S/C23H28ClN3O5/c1-14(2)12-32-20-5-3-4-15(21(20)24)13-31-18-8-16-10-26(11-17(16)9-18)23(30)27-7-6-19(25-27)22(28)29/h3-7,14,16-18H,8-13H2,1-2H3,(H,28,29). The van der Waals surface area contributed by atoms with Gasteiger partial charge in [0.25, 0.3) is 0 Å². The number of carbonyl (C=O) groups excluding carboxylic acids is 1. The second-order valence-corrected chi connectivity index (χ2v) is 9.37. The quantitative estimate of drug-likeness (QED) is 0.665. The topological polar surface area (TPSA) is 93.9 Å². The number of ether oxygens (including phenoxy) is 2. The maximum Gasteiger partial charge on any atom is 0.356 e. The van der Waals surface area contributed by atoms with E-state index in [1.54, 1.807) is 4.90 Å². The number of benzene rings is 1. The second-order valence-electron chi connectivity index (χ2n) is 9.00. The van der Waals surface area contributed by atoms with Gasteiger partial charge in [-0.1, -0.05) is 37.6 Å². The predicted octanol–water partition coefficient (Wildman–Crippen LogP) is 4.16. The van der Waals surface area contributed by atoms with Crippen LogP contribution in [0.4, 0.5) is 4.79 Å². The molecule has 1 aromatic heterocycles. The molecule has 4 rings (SSSR count). The fraction of sp³-hybridized carbons (Fsp3) is 0.522. The Bertz CT molecular complexity index is 978. The average Bonchev–Trinajstić information content (AvgIpc) is 3.46. The van der Waals surface area contributed by atoms with Crippen LogP contribution in [0, 0.1) is 17.8 Å². The van der Waals surface area contributed by atoms with Gasteiger partial charge in [0.2, 0.25) is 0 Å². The Balaban J connectivity index is 1.28. The van der Waals surface area contributed by atoms with Gasteiger partial charge in [-0.2, -0.15) is 9.78 Å². The lowest BCUT2D eigenvalue weighted by molar-refractivity contribution is 0.0382. The van der Waals surface area contributed by atoms with Gasteiger partial charge in [0.05, 0.1) is 24.3 Å². The zero-order chi connectivity index (χ0) is 22.8. The fourth-order valence-corrected chi connectivity index (χ4v) is 4.70. The van der Waals surface area contributed by atoms with Crippen molar-refractivity contribution in [3.63, 3.8) is 0 Å². The van der Waals surface area contributed by atoms with Crippen LogP contribution in [-0.4, -0.2) is 57.6 Å². The van der Waals surface area contributed by atoms with E-state index in [1.165, 1.54) is 12.3 Å². The molecule has 2 aromatic rings. The number of rotatable bonds is 7. The molecule has 172 valence electrons. The monoisotopic (exact) mass is 461 g/mol. The van der Waals surface area contributed by atoms with Crippen LogP contribution in [0.25, 0.3) is 0 Å². The Hall–Kier alpha value is -2.58. The van der Waals surface area contributed by atoms with Crippen molar-refractivity contribution in [2.45, 2.75) is 39.4 Å². The number of carboxylic acids is 1. The van der Waals surface area contributed by atoms with E-state index in [9.17, 15) is 9.59 Å². The number of carboxylic acid groups (broad SMARTS) is 1. The van der Waals surface area contributed by atoms with Crippen LogP contribution in [0.1, 0.15) is 42.7 Å². The molecule has 2 atom stereocenters. The van der Waals surface area contributed by atoms with Crippen molar-refractivity contribution in [2.75, 3.05) is 19.7 Å². The van der Waals surface area contributed by atoms with E-state index in [0.29, 0.717) is 54.8 Å². The van der Waals surface area contributed by atoms with Gasteiger partial charge in [-0.25, -0.2) is 9.59 Å². The Morgan fingerprint density at radius 3 is 2.56 bits per heavy atom. The molecular weight excluding hydrogens is 434 g/mol. The summed E-state index contributed by atoms with van der Waals surface area (Å²) in [5.74, 6) is 0.697. The SMILES string of the molecule is CC(C)COc1cccc(COC2CC3CN(C(=O)n4ccc(C(=O)O)n4)CC3C2)c1Cl.